The highest BCUT2D eigenvalue weighted by molar-refractivity contribution is 5.92. The predicted molar refractivity (Wildman–Crippen MR) is 73.8 cm³/mol. The maximum atomic E-state index is 13.6. The fourth-order valence-electron chi connectivity index (χ4n) is 2.22. The standard InChI is InChI=1S/C14H17FN2O4/c15-12-8-9(4-5-11(12)13(19)20)16-14(21)17(6-7-18)10-2-1-3-10/h4-5,8,10,18H,1-3,6-7H2,(H,16,21)(H,19,20). The van der Waals surface area contributed by atoms with Crippen molar-refractivity contribution in [1.82, 2.24) is 4.90 Å². The van der Waals surface area contributed by atoms with Gasteiger partial charge in [-0.15, -0.1) is 0 Å². The molecule has 0 atom stereocenters. The minimum absolute atomic E-state index is 0.0975. The summed E-state index contributed by atoms with van der Waals surface area (Å²) < 4.78 is 13.6. The summed E-state index contributed by atoms with van der Waals surface area (Å²) in [7, 11) is 0. The molecule has 2 amide bonds. The lowest BCUT2D eigenvalue weighted by Gasteiger charge is -2.37. The van der Waals surface area contributed by atoms with Gasteiger partial charge in [-0.3, -0.25) is 0 Å². The van der Waals surface area contributed by atoms with Crippen LogP contribution in [0.4, 0.5) is 14.9 Å². The smallest absolute Gasteiger partial charge is 0.338 e. The van der Waals surface area contributed by atoms with Crippen LogP contribution in [0.15, 0.2) is 18.2 Å². The third-order valence-corrected chi connectivity index (χ3v) is 3.57. The van der Waals surface area contributed by atoms with E-state index in [1.165, 1.54) is 11.0 Å². The highest BCUT2D eigenvalue weighted by Gasteiger charge is 2.28. The monoisotopic (exact) mass is 296 g/mol. The fraction of sp³-hybridized carbons (Fsp3) is 0.429. The van der Waals surface area contributed by atoms with E-state index in [0.717, 1.165) is 31.4 Å². The van der Waals surface area contributed by atoms with Gasteiger partial charge in [0, 0.05) is 18.3 Å². The van der Waals surface area contributed by atoms with Gasteiger partial charge in [0.1, 0.15) is 5.82 Å². The van der Waals surface area contributed by atoms with Gasteiger partial charge in [0.15, 0.2) is 0 Å². The van der Waals surface area contributed by atoms with Gasteiger partial charge in [-0.05, 0) is 37.5 Å². The molecule has 0 heterocycles. The van der Waals surface area contributed by atoms with Crippen LogP contribution in [0.25, 0.3) is 0 Å². The lowest BCUT2D eigenvalue weighted by molar-refractivity contribution is 0.0692. The molecule has 3 N–H and O–H groups in total. The normalized spacial score (nSPS) is 14.4. The Morgan fingerprint density at radius 2 is 2.10 bits per heavy atom. The largest absolute Gasteiger partial charge is 0.478 e. The minimum atomic E-state index is -1.36. The predicted octanol–water partition coefficient (Wildman–Crippen LogP) is 1.90. The van der Waals surface area contributed by atoms with Crippen LogP contribution in [0.2, 0.25) is 0 Å². The second kappa shape index (κ2) is 6.53. The van der Waals surface area contributed by atoms with Crippen LogP contribution < -0.4 is 5.32 Å². The zero-order chi connectivity index (χ0) is 15.4. The summed E-state index contributed by atoms with van der Waals surface area (Å²) in [6.07, 6.45) is 2.82. The van der Waals surface area contributed by atoms with Crippen molar-refractivity contribution < 1.29 is 24.2 Å². The molecule has 1 aromatic rings. The molecular weight excluding hydrogens is 279 g/mol. The number of carboxylic acid groups (broad SMARTS) is 1. The Morgan fingerprint density at radius 1 is 1.38 bits per heavy atom. The van der Waals surface area contributed by atoms with Crippen LogP contribution in [0, 0.1) is 5.82 Å². The van der Waals surface area contributed by atoms with E-state index < -0.39 is 23.4 Å². The van der Waals surface area contributed by atoms with E-state index in [-0.39, 0.29) is 24.9 Å². The van der Waals surface area contributed by atoms with Crippen molar-refractivity contribution in [2.24, 2.45) is 0 Å². The van der Waals surface area contributed by atoms with Gasteiger partial charge in [-0.2, -0.15) is 0 Å². The van der Waals surface area contributed by atoms with Crippen molar-refractivity contribution in [2.75, 3.05) is 18.5 Å². The summed E-state index contributed by atoms with van der Waals surface area (Å²) in [5, 5.41) is 20.3. The number of rotatable bonds is 5. The van der Waals surface area contributed by atoms with Gasteiger partial charge in [-0.25, -0.2) is 14.0 Å². The molecule has 2 rings (SSSR count). The number of nitrogens with zero attached hydrogens (tertiary/aromatic N) is 1. The number of amides is 2. The van der Waals surface area contributed by atoms with Gasteiger partial charge in [-0.1, -0.05) is 0 Å². The second-order valence-corrected chi connectivity index (χ2v) is 4.93. The van der Waals surface area contributed by atoms with E-state index in [0.29, 0.717) is 0 Å². The quantitative estimate of drug-likeness (QED) is 0.774. The minimum Gasteiger partial charge on any atom is -0.478 e. The number of hydrogen-bond donors (Lipinski definition) is 3. The Labute approximate surface area is 121 Å². The Bertz CT molecular complexity index is 546. The Balaban J connectivity index is 2.07. The van der Waals surface area contributed by atoms with Crippen molar-refractivity contribution in [3.05, 3.63) is 29.6 Å². The zero-order valence-electron chi connectivity index (χ0n) is 11.4. The molecule has 21 heavy (non-hydrogen) atoms. The second-order valence-electron chi connectivity index (χ2n) is 4.93. The molecule has 0 saturated heterocycles. The number of aliphatic hydroxyl groups excluding tert-OH is 1. The molecule has 0 aromatic heterocycles. The van der Waals surface area contributed by atoms with Crippen molar-refractivity contribution in [1.29, 1.82) is 0 Å². The number of nitrogens with one attached hydrogen (secondary N) is 1. The molecule has 1 aliphatic carbocycles. The van der Waals surface area contributed by atoms with E-state index in [1.54, 1.807) is 0 Å². The molecule has 6 nitrogen and oxygen atoms in total. The van der Waals surface area contributed by atoms with Gasteiger partial charge in [0.25, 0.3) is 0 Å². The van der Waals surface area contributed by atoms with Gasteiger partial charge in [0.2, 0.25) is 0 Å². The number of hydrogen-bond acceptors (Lipinski definition) is 3. The summed E-state index contributed by atoms with van der Waals surface area (Å²) >= 11 is 0. The number of carbonyl (C=O) groups excluding carboxylic acids is 1. The molecule has 0 radical (unpaired) electrons. The lowest BCUT2D eigenvalue weighted by atomic mass is 9.92. The van der Waals surface area contributed by atoms with E-state index in [9.17, 15) is 14.0 Å². The zero-order valence-corrected chi connectivity index (χ0v) is 11.4. The molecule has 0 unspecified atom stereocenters. The topological polar surface area (TPSA) is 89.9 Å². The van der Waals surface area contributed by atoms with Crippen molar-refractivity contribution in [3.63, 3.8) is 0 Å². The van der Waals surface area contributed by atoms with E-state index in [2.05, 4.69) is 5.32 Å². The molecule has 1 aromatic carbocycles. The number of benzene rings is 1. The summed E-state index contributed by atoms with van der Waals surface area (Å²) in [5.41, 5.74) is -0.260. The van der Waals surface area contributed by atoms with Gasteiger partial charge in [0.05, 0.1) is 12.2 Å². The average molecular weight is 296 g/mol. The lowest BCUT2D eigenvalue weighted by Crippen LogP contribution is -2.47. The van der Waals surface area contributed by atoms with Crippen molar-refractivity contribution >= 4 is 17.7 Å². The molecule has 7 heteroatoms. The average Bonchev–Trinajstić information content (AvgIpc) is 2.35. The summed E-state index contributed by atoms with van der Waals surface area (Å²) in [5.74, 6) is -2.26. The first-order chi connectivity index (χ1) is 10.0. The van der Waals surface area contributed by atoms with E-state index in [1.807, 2.05) is 0 Å². The fourth-order valence-corrected chi connectivity index (χ4v) is 2.22. The number of carboxylic acids is 1. The van der Waals surface area contributed by atoms with Crippen molar-refractivity contribution in [2.45, 2.75) is 25.3 Å². The third kappa shape index (κ3) is 3.49. The number of halogens is 1. The molecule has 1 saturated carbocycles. The number of aliphatic hydroxyl groups is 1. The van der Waals surface area contributed by atoms with Crippen LogP contribution >= 0.6 is 0 Å². The van der Waals surface area contributed by atoms with Crippen LogP contribution in [0.1, 0.15) is 29.6 Å². The summed E-state index contributed by atoms with van der Waals surface area (Å²) in [6.45, 7) is 0.0718. The van der Waals surface area contributed by atoms with Gasteiger partial charge >= 0.3 is 12.0 Å². The third-order valence-electron chi connectivity index (χ3n) is 3.57. The number of aromatic carboxylic acids is 1. The van der Waals surface area contributed by atoms with Crippen LogP contribution in [-0.4, -0.2) is 46.3 Å². The molecule has 0 bridgehead atoms. The number of carbonyl (C=O) groups is 2. The maximum absolute atomic E-state index is 13.6. The van der Waals surface area contributed by atoms with Crippen LogP contribution in [0.3, 0.4) is 0 Å². The molecule has 0 aliphatic heterocycles. The SMILES string of the molecule is O=C(O)c1ccc(NC(=O)N(CCO)C2CCC2)cc1F. The molecule has 114 valence electrons. The van der Waals surface area contributed by atoms with E-state index >= 15 is 0 Å². The van der Waals surface area contributed by atoms with Crippen LogP contribution in [-0.2, 0) is 0 Å². The first-order valence-electron chi connectivity index (χ1n) is 6.74. The molecule has 1 aliphatic rings. The van der Waals surface area contributed by atoms with Gasteiger partial charge < -0.3 is 20.4 Å². The molecule has 0 spiro atoms. The maximum Gasteiger partial charge on any atom is 0.338 e. The highest BCUT2D eigenvalue weighted by Crippen LogP contribution is 2.25. The first-order valence-corrected chi connectivity index (χ1v) is 6.74. The number of anilines is 1. The highest BCUT2D eigenvalue weighted by atomic mass is 19.1. The first kappa shape index (κ1) is 15.2. The van der Waals surface area contributed by atoms with E-state index in [4.69, 9.17) is 10.2 Å². The molecule has 1 fully saturated rings. The summed E-state index contributed by atoms with van der Waals surface area (Å²) in [6, 6.07) is 3.09. The van der Waals surface area contributed by atoms with Crippen molar-refractivity contribution in [3.8, 4) is 0 Å². The molecular formula is C14H17FN2O4. The Kier molecular flexibility index (Phi) is 4.74. The number of urea groups is 1. The Hall–Kier alpha value is -2.15. The van der Waals surface area contributed by atoms with Crippen LogP contribution in [0.5, 0.6) is 0 Å². The summed E-state index contributed by atoms with van der Waals surface area (Å²) in [4.78, 5) is 24.4. The Morgan fingerprint density at radius 3 is 2.57 bits per heavy atom.